The van der Waals surface area contributed by atoms with Crippen LogP contribution in [0.15, 0.2) is 24.5 Å². The number of aryl methyl sites for hydroxylation is 2. The fraction of sp³-hybridized carbons (Fsp3) is 0.471. The third-order valence-electron chi connectivity index (χ3n) is 4.05. The maximum atomic E-state index is 12.3. The molecule has 0 aliphatic rings. The number of amides is 2. The van der Waals surface area contributed by atoms with Crippen LogP contribution in [0.25, 0.3) is 0 Å². The zero-order chi connectivity index (χ0) is 17.0. The van der Waals surface area contributed by atoms with Gasteiger partial charge in [-0.05, 0) is 50.5 Å². The number of pyridine rings is 1. The molecule has 6 nitrogen and oxygen atoms in total. The van der Waals surface area contributed by atoms with Crippen LogP contribution in [0.1, 0.15) is 29.4 Å². The molecule has 0 fully saturated rings. The van der Waals surface area contributed by atoms with E-state index in [1.807, 2.05) is 37.7 Å². The molecule has 0 aromatic carbocycles. The zero-order valence-electron chi connectivity index (χ0n) is 14.5. The highest BCUT2D eigenvalue weighted by Crippen LogP contribution is 2.14. The molecule has 1 unspecified atom stereocenters. The Balaban J connectivity index is 1.91. The second-order valence-corrected chi connectivity index (χ2v) is 6.04. The van der Waals surface area contributed by atoms with E-state index in [1.54, 1.807) is 24.3 Å². The van der Waals surface area contributed by atoms with Crippen molar-refractivity contribution < 1.29 is 4.79 Å². The number of aromatic nitrogens is 3. The summed E-state index contributed by atoms with van der Waals surface area (Å²) in [7, 11) is 3.74. The first-order valence-electron chi connectivity index (χ1n) is 7.78. The lowest BCUT2D eigenvalue weighted by molar-refractivity contribution is 0.203. The zero-order valence-corrected chi connectivity index (χ0v) is 14.5. The molecule has 0 saturated carbocycles. The summed E-state index contributed by atoms with van der Waals surface area (Å²) in [6.45, 7) is 6.64. The highest BCUT2D eigenvalue weighted by Gasteiger charge is 2.16. The van der Waals surface area contributed by atoms with E-state index in [1.165, 1.54) is 5.56 Å². The summed E-state index contributed by atoms with van der Waals surface area (Å²) in [6, 6.07) is 3.79. The molecule has 0 bridgehead atoms. The molecule has 6 heteroatoms. The Morgan fingerprint density at radius 2 is 2.00 bits per heavy atom. The maximum Gasteiger partial charge on any atom is 0.317 e. The molecule has 0 saturated heterocycles. The average molecular weight is 315 g/mol. The van der Waals surface area contributed by atoms with Crippen LogP contribution in [0.4, 0.5) is 4.79 Å². The number of hydrogen-bond donors (Lipinski definition) is 1. The van der Waals surface area contributed by atoms with Crippen molar-refractivity contribution in [1.82, 2.24) is 25.0 Å². The maximum absolute atomic E-state index is 12.3. The second-order valence-electron chi connectivity index (χ2n) is 6.04. The lowest BCUT2D eigenvalue weighted by atomic mass is 10.1. The molecule has 1 atom stereocenters. The first kappa shape index (κ1) is 17.0. The molecule has 2 heterocycles. The number of nitrogens with one attached hydrogen (secondary N) is 1. The van der Waals surface area contributed by atoms with Crippen LogP contribution in [-0.4, -0.2) is 38.8 Å². The van der Waals surface area contributed by atoms with Gasteiger partial charge in [-0.25, -0.2) is 4.79 Å². The van der Waals surface area contributed by atoms with Crippen molar-refractivity contribution in [2.45, 2.75) is 39.8 Å². The van der Waals surface area contributed by atoms with E-state index in [-0.39, 0.29) is 12.1 Å². The number of hydrogen-bond acceptors (Lipinski definition) is 3. The fourth-order valence-corrected chi connectivity index (χ4v) is 2.62. The molecule has 0 radical (unpaired) electrons. The second kappa shape index (κ2) is 7.26. The molecule has 0 aliphatic carbocycles. The van der Waals surface area contributed by atoms with Gasteiger partial charge in [-0.15, -0.1) is 0 Å². The highest BCUT2D eigenvalue weighted by atomic mass is 16.2. The van der Waals surface area contributed by atoms with Gasteiger partial charge in [-0.2, -0.15) is 5.10 Å². The Kier molecular flexibility index (Phi) is 5.36. The van der Waals surface area contributed by atoms with Gasteiger partial charge < -0.3 is 10.2 Å². The fourth-order valence-electron chi connectivity index (χ4n) is 2.62. The van der Waals surface area contributed by atoms with E-state index in [9.17, 15) is 4.79 Å². The van der Waals surface area contributed by atoms with Gasteiger partial charge >= 0.3 is 6.03 Å². The minimum atomic E-state index is -0.0755. The van der Waals surface area contributed by atoms with Gasteiger partial charge in [0.05, 0.1) is 5.69 Å². The number of urea groups is 1. The van der Waals surface area contributed by atoms with Gasteiger partial charge in [0, 0.05) is 44.8 Å². The van der Waals surface area contributed by atoms with E-state index in [2.05, 4.69) is 22.3 Å². The number of carbonyl (C=O) groups excluding carboxylic acids is 1. The van der Waals surface area contributed by atoms with Gasteiger partial charge in [0.2, 0.25) is 0 Å². The van der Waals surface area contributed by atoms with Gasteiger partial charge in [-0.3, -0.25) is 9.67 Å². The third kappa shape index (κ3) is 4.31. The summed E-state index contributed by atoms with van der Waals surface area (Å²) in [6.07, 6.45) is 4.25. The normalized spacial score (nSPS) is 12.0. The Bertz CT molecular complexity index is 665. The van der Waals surface area contributed by atoms with E-state index >= 15 is 0 Å². The van der Waals surface area contributed by atoms with Crippen LogP contribution in [0.5, 0.6) is 0 Å². The number of nitrogens with zero attached hydrogens (tertiary/aromatic N) is 4. The Labute approximate surface area is 137 Å². The van der Waals surface area contributed by atoms with E-state index < -0.39 is 0 Å². The molecular weight excluding hydrogens is 290 g/mol. The lowest BCUT2D eigenvalue weighted by Gasteiger charge is -2.21. The van der Waals surface area contributed by atoms with Crippen LogP contribution in [0.2, 0.25) is 0 Å². The van der Waals surface area contributed by atoms with Gasteiger partial charge in [-0.1, -0.05) is 0 Å². The molecule has 0 aliphatic heterocycles. The van der Waals surface area contributed by atoms with Crippen molar-refractivity contribution in [2.75, 3.05) is 7.05 Å². The number of carbonyl (C=O) groups is 1. The molecular formula is C17H25N5O. The third-order valence-corrected chi connectivity index (χ3v) is 4.05. The lowest BCUT2D eigenvalue weighted by Crippen LogP contribution is -2.42. The molecule has 2 aromatic rings. The molecule has 2 rings (SSSR count). The van der Waals surface area contributed by atoms with Crippen molar-refractivity contribution in [3.05, 3.63) is 47.0 Å². The Morgan fingerprint density at radius 3 is 2.57 bits per heavy atom. The average Bonchev–Trinajstić information content (AvgIpc) is 2.74. The minimum Gasteiger partial charge on any atom is -0.335 e. The van der Waals surface area contributed by atoms with E-state index in [0.29, 0.717) is 6.54 Å². The predicted octanol–water partition coefficient (Wildman–Crippen LogP) is 2.20. The predicted molar refractivity (Wildman–Crippen MR) is 90.1 cm³/mol. The molecule has 1 N–H and O–H groups in total. The Morgan fingerprint density at radius 1 is 1.35 bits per heavy atom. The SMILES string of the molecule is Cc1nn(C)c(C)c1CC(C)NC(=O)N(C)Cc1ccncc1. The first-order chi connectivity index (χ1) is 10.9. The van der Waals surface area contributed by atoms with E-state index in [0.717, 1.165) is 23.4 Å². The minimum absolute atomic E-state index is 0.0454. The smallest absolute Gasteiger partial charge is 0.317 e. The molecule has 124 valence electrons. The first-order valence-corrected chi connectivity index (χ1v) is 7.78. The van der Waals surface area contributed by atoms with Crippen LogP contribution < -0.4 is 5.32 Å². The van der Waals surface area contributed by atoms with Crippen molar-refractivity contribution in [2.24, 2.45) is 7.05 Å². The van der Waals surface area contributed by atoms with E-state index in [4.69, 9.17) is 0 Å². The summed E-state index contributed by atoms with van der Waals surface area (Å²) in [5.41, 5.74) is 4.44. The molecule has 0 spiro atoms. The van der Waals surface area contributed by atoms with Gasteiger partial charge in [0.1, 0.15) is 0 Å². The van der Waals surface area contributed by atoms with Gasteiger partial charge in [0.25, 0.3) is 0 Å². The molecule has 2 amide bonds. The van der Waals surface area contributed by atoms with Crippen molar-refractivity contribution in [3.63, 3.8) is 0 Å². The quantitative estimate of drug-likeness (QED) is 0.920. The monoisotopic (exact) mass is 315 g/mol. The van der Waals surface area contributed by atoms with Gasteiger partial charge in [0.15, 0.2) is 0 Å². The Hall–Kier alpha value is -2.37. The van der Waals surface area contributed by atoms with Crippen LogP contribution in [0.3, 0.4) is 0 Å². The standard InChI is InChI=1S/C17H25N5O/c1-12(10-16-13(2)20-22(5)14(16)3)19-17(23)21(4)11-15-6-8-18-9-7-15/h6-9,12H,10-11H2,1-5H3,(H,19,23). The summed E-state index contributed by atoms with van der Waals surface area (Å²) in [4.78, 5) is 18.0. The summed E-state index contributed by atoms with van der Waals surface area (Å²) in [5.74, 6) is 0. The van der Waals surface area contributed by atoms with Crippen molar-refractivity contribution in [3.8, 4) is 0 Å². The molecule has 2 aromatic heterocycles. The van der Waals surface area contributed by atoms with Crippen LogP contribution >= 0.6 is 0 Å². The summed E-state index contributed by atoms with van der Waals surface area (Å²) >= 11 is 0. The van der Waals surface area contributed by atoms with Crippen LogP contribution in [0, 0.1) is 13.8 Å². The van der Waals surface area contributed by atoms with Crippen LogP contribution in [-0.2, 0) is 20.0 Å². The topological polar surface area (TPSA) is 63.1 Å². The number of rotatable bonds is 5. The van der Waals surface area contributed by atoms with Crippen molar-refractivity contribution in [1.29, 1.82) is 0 Å². The largest absolute Gasteiger partial charge is 0.335 e. The van der Waals surface area contributed by atoms with Crippen molar-refractivity contribution >= 4 is 6.03 Å². The highest BCUT2D eigenvalue weighted by molar-refractivity contribution is 5.74. The summed E-state index contributed by atoms with van der Waals surface area (Å²) in [5, 5.41) is 7.47. The molecule has 23 heavy (non-hydrogen) atoms. The summed E-state index contributed by atoms with van der Waals surface area (Å²) < 4.78 is 1.88.